The molecule has 0 radical (unpaired) electrons. The van der Waals surface area contributed by atoms with Gasteiger partial charge in [-0.2, -0.15) is 0 Å². The smallest absolute Gasteiger partial charge is 0.332 e. The van der Waals surface area contributed by atoms with Crippen molar-refractivity contribution in [2.45, 2.75) is 20.4 Å². The van der Waals surface area contributed by atoms with E-state index in [9.17, 15) is 18.9 Å². The summed E-state index contributed by atoms with van der Waals surface area (Å²) in [6.45, 7) is 3.69. The van der Waals surface area contributed by atoms with E-state index in [1.54, 1.807) is 38.1 Å². The van der Waals surface area contributed by atoms with Crippen molar-refractivity contribution in [2.24, 2.45) is 0 Å². The van der Waals surface area contributed by atoms with Crippen LogP contribution in [0, 0.1) is 0 Å². The van der Waals surface area contributed by atoms with E-state index in [0.29, 0.717) is 10.9 Å². The molecule has 10 heteroatoms. The summed E-state index contributed by atoms with van der Waals surface area (Å²) in [6.07, 6.45) is 0.0295. The Bertz CT molecular complexity index is 925. The minimum absolute atomic E-state index is 0.0295. The van der Waals surface area contributed by atoms with Crippen molar-refractivity contribution in [3.63, 3.8) is 0 Å². The van der Waals surface area contributed by atoms with E-state index in [1.807, 2.05) is 0 Å². The van der Waals surface area contributed by atoms with Crippen molar-refractivity contribution in [3.8, 4) is 0 Å². The Hall–Kier alpha value is -2.22. The first kappa shape index (κ1) is 20.1. The van der Waals surface area contributed by atoms with Crippen LogP contribution >= 0.6 is 7.60 Å². The van der Waals surface area contributed by atoms with Gasteiger partial charge >= 0.3 is 13.3 Å². The number of H-pyrrole nitrogens is 1. The number of rotatable bonds is 9. The summed E-state index contributed by atoms with van der Waals surface area (Å²) in [5.74, 6) is -0.455. The molecule has 0 saturated carbocycles. The van der Waals surface area contributed by atoms with E-state index in [4.69, 9.17) is 9.05 Å². The summed E-state index contributed by atoms with van der Waals surface area (Å²) in [7, 11) is -3.24. The molecule has 9 nitrogen and oxygen atoms in total. The number of hydrogen-bond acceptors (Lipinski definition) is 6. The van der Waals surface area contributed by atoms with Gasteiger partial charge in [0.25, 0.3) is 5.56 Å². The monoisotopic (exact) mass is 383 g/mol. The fourth-order valence-corrected chi connectivity index (χ4v) is 4.00. The van der Waals surface area contributed by atoms with Crippen molar-refractivity contribution < 1.29 is 18.4 Å². The van der Waals surface area contributed by atoms with Gasteiger partial charge in [-0.15, -0.1) is 0 Å². The van der Waals surface area contributed by atoms with Gasteiger partial charge in [-0.25, -0.2) is 4.79 Å². The van der Waals surface area contributed by atoms with Gasteiger partial charge in [-0.05, 0) is 26.0 Å². The van der Waals surface area contributed by atoms with E-state index < -0.39 is 24.8 Å². The van der Waals surface area contributed by atoms with Crippen LogP contribution in [0.3, 0.4) is 0 Å². The molecule has 1 heterocycles. The fourth-order valence-electron chi connectivity index (χ4n) is 2.49. The Morgan fingerprint density at radius 2 is 1.85 bits per heavy atom. The Morgan fingerprint density at radius 3 is 2.50 bits per heavy atom. The molecular formula is C16H22N3O6P. The van der Waals surface area contributed by atoms with Gasteiger partial charge < -0.3 is 14.4 Å². The highest BCUT2D eigenvalue weighted by Gasteiger charge is 2.23. The van der Waals surface area contributed by atoms with E-state index in [2.05, 4.69) is 10.3 Å². The number of amides is 1. The predicted octanol–water partition coefficient (Wildman–Crippen LogP) is 1.07. The fraction of sp³-hybridized carbons (Fsp3) is 0.438. The molecule has 0 saturated heterocycles. The maximum absolute atomic E-state index is 12.3. The molecule has 1 aromatic carbocycles. The summed E-state index contributed by atoms with van der Waals surface area (Å²) in [5, 5.41) is 2.90. The van der Waals surface area contributed by atoms with E-state index in [0.717, 1.165) is 0 Å². The largest absolute Gasteiger partial charge is 0.354 e. The summed E-state index contributed by atoms with van der Waals surface area (Å²) in [6, 6.07) is 6.52. The average molecular weight is 383 g/mol. The molecule has 0 fully saturated rings. The molecule has 0 atom stereocenters. The molecule has 142 valence electrons. The molecule has 2 aromatic rings. The molecule has 0 spiro atoms. The molecule has 0 aliphatic heterocycles. The molecule has 0 aliphatic carbocycles. The van der Waals surface area contributed by atoms with Crippen LogP contribution < -0.4 is 16.6 Å². The highest BCUT2D eigenvalue weighted by molar-refractivity contribution is 7.53. The zero-order valence-corrected chi connectivity index (χ0v) is 15.6. The summed E-state index contributed by atoms with van der Waals surface area (Å²) in [5.41, 5.74) is -0.805. The third kappa shape index (κ3) is 4.91. The number of aromatic amines is 1. The number of aromatic nitrogens is 2. The SMILES string of the molecule is CCOP(=O)(CCNC(=O)Cn1c(=O)[nH]c(=O)c2ccccc21)OCC. The molecule has 0 unspecified atom stereocenters. The van der Waals surface area contributed by atoms with Gasteiger partial charge in [0, 0.05) is 6.54 Å². The lowest BCUT2D eigenvalue weighted by molar-refractivity contribution is -0.121. The lowest BCUT2D eigenvalue weighted by Gasteiger charge is -2.17. The van der Waals surface area contributed by atoms with Crippen LogP contribution in [0.15, 0.2) is 33.9 Å². The number of hydrogen-bond donors (Lipinski definition) is 2. The number of fused-ring (bicyclic) bond motifs is 1. The van der Waals surface area contributed by atoms with Crippen molar-refractivity contribution in [1.82, 2.24) is 14.9 Å². The van der Waals surface area contributed by atoms with Gasteiger partial charge in [0.1, 0.15) is 6.54 Å². The topological polar surface area (TPSA) is 119 Å². The molecule has 1 aromatic heterocycles. The zero-order valence-electron chi connectivity index (χ0n) is 14.7. The first-order valence-electron chi connectivity index (χ1n) is 8.27. The second-order valence-electron chi connectivity index (χ2n) is 5.38. The van der Waals surface area contributed by atoms with E-state index >= 15 is 0 Å². The normalized spacial score (nSPS) is 11.6. The first-order valence-corrected chi connectivity index (χ1v) is 9.99. The Balaban J connectivity index is 2.07. The average Bonchev–Trinajstić information content (AvgIpc) is 2.59. The Morgan fingerprint density at radius 1 is 1.19 bits per heavy atom. The molecule has 1 amide bonds. The minimum atomic E-state index is -3.24. The predicted molar refractivity (Wildman–Crippen MR) is 97.6 cm³/mol. The van der Waals surface area contributed by atoms with Crippen LogP contribution in [0.2, 0.25) is 0 Å². The highest BCUT2D eigenvalue weighted by atomic mass is 31.2. The summed E-state index contributed by atoms with van der Waals surface area (Å²) in [4.78, 5) is 38.2. The number of carbonyl (C=O) groups excluding carboxylic acids is 1. The van der Waals surface area contributed by atoms with E-state index in [-0.39, 0.29) is 32.5 Å². The van der Waals surface area contributed by atoms with Crippen LogP contribution in [-0.4, -0.2) is 41.4 Å². The number of carbonyl (C=O) groups is 1. The molecule has 2 N–H and O–H groups in total. The quantitative estimate of drug-likeness (QED) is 0.625. The number of benzene rings is 1. The van der Waals surface area contributed by atoms with Gasteiger partial charge in [-0.1, -0.05) is 12.1 Å². The van der Waals surface area contributed by atoms with E-state index in [1.165, 1.54) is 4.57 Å². The molecular weight excluding hydrogens is 361 g/mol. The van der Waals surface area contributed by atoms with Gasteiger partial charge in [0.2, 0.25) is 5.91 Å². The van der Waals surface area contributed by atoms with Crippen molar-refractivity contribution in [2.75, 3.05) is 25.9 Å². The molecule has 0 bridgehead atoms. The third-order valence-electron chi connectivity index (χ3n) is 3.57. The van der Waals surface area contributed by atoms with Crippen molar-refractivity contribution in [1.29, 1.82) is 0 Å². The second-order valence-corrected chi connectivity index (χ2v) is 7.57. The van der Waals surface area contributed by atoms with Crippen molar-refractivity contribution >= 4 is 24.4 Å². The van der Waals surface area contributed by atoms with Crippen LogP contribution in [0.5, 0.6) is 0 Å². The van der Waals surface area contributed by atoms with Gasteiger partial charge in [0.15, 0.2) is 0 Å². The first-order chi connectivity index (χ1) is 12.4. The number of nitrogens with zero attached hydrogens (tertiary/aromatic N) is 1. The van der Waals surface area contributed by atoms with Gasteiger partial charge in [0.05, 0.1) is 30.3 Å². The van der Waals surface area contributed by atoms with Gasteiger partial charge in [-0.3, -0.25) is 23.7 Å². The third-order valence-corrected chi connectivity index (χ3v) is 5.64. The van der Waals surface area contributed by atoms with Crippen LogP contribution in [0.1, 0.15) is 13.8 Å². The second kappa shape index (κ2) is 8.93. The molecule has 2 rings (SSSR count). The standard InChI is InChI=1S/C16H22N3O6P/c1-3-24-26(23,25-4-2)10-9-17-14(20)11-19-13-8-6-5-7-12(13)15(21)18-16(19)22/h5-8H,3-4,9-11H2,1-2H3,(H,17,20)(H,18,21,22). The maximum Gasteiger partial charge on any atom is 0.332 e. The Kier molecular flexibility index (Phi) is 6.90. The number of para-hydroxylation sites is 1. The summed E-state index contributed by atoms with van der Waals surface area (Å²) < 4.78 is 23.8. The van der Waals surface area contributed by atoms with Crippen LogP contribution in [-0.2, 0) is 25.0 Å². The van der Waals surface area contributed by atoms with Crippen LogP contribution in [0.25, 0.3) is 10.9 Å². The summed E-state index contributed by atoms with van der Waals surface area (Å²) >= 11 is 0. The van der Waals surface area contributed by atoms with Crippen LogP contribution in [0.4, 0.5) is 0 Å². The zero-order chi connectivity index (χ0) is 19.2. The lowest BCUT2D eigenvalue weighted by Crippen LogP contribution is -2.37. The highest BCUT2D eigenvalue weighted by Crippen LogP contribution is 2.47. The lowest BCUT2D eigenvalue weighted by atomic mass is 10.2. The maximum atomic E-state index is 12.3. The minimum Gasteiger partial charge on any atom is -0.354 e. The molecule has 0 aliphatic rings. The molecule has 26 heavy (non-hydrogen) atoms. The Labute approximate surface area is 149 Å². The number of nitrogens with one attached hydrogen (secondary N) is 2. The van der Waals surface area contributed by atoms with Crippen molar-refractivity contribution in [3.05, 3.63) is 45.1 Å².